The number of anilines is 1. The first-order valence-corrected chi connectivity index (χ1v) is 9.98. The second-order valence-electron chi connectivity index (χ2n) is 7.16. The SMILES string of the molecule is COc1ccc(NC(=O)c2ccc(O[C@H](C)C(=O)OC3CCCCC3)cc2)cc1. The Hall–Kier alpha value is -3.02. The first-order valence-electron chi connectivity index (χ1n) is 9.98. The van der Waals surface area contributed by atoms with Crippen LogP contribution in [-0.4, -0.2) is 31.2 Å². The Labute approximate surface area is 171 Å². The summed E-state index contributed by atoms with van der Waals surface area (Å²) in [5, 5.41) is 2.82. The average molecular weight is 397 g/mol. The summed E-state index contributed by atoms with van der Waals surface area (Å²) in [5.74, 6) is 0.657. The molecule has 0 saturated heterocycles. The molecule has 0 aliphatic heterocycles. The second kappa shape index (κ2) is 9.96. The summed E-state index contributed by atoms with van der Waals surface area (Å²) < 4.78 is 16.3. The Balaban J connectivity index is 1.51. The molecular weight excluding hydrogens is 370 g/mol. The third-order valence-electron chi connectivity index (χ3n) is 4.94. The molecule has 3 rings (SSSR count). The number of carbonyl (C=O) groups excluding carboxylic acids is 2. The van der Waals surface area contributed by atoms with E-state index in [1.165, 1.54) is 6.42 Å². The Kier molecular flexibility index (Phi) is 7.11. The molecule has 154 valence electrons. The molecule has 1 aliphatic carbocycles. The summed E-state index contributed by atoms with van der Waals surface area (Å²) in [6.07, 6.45) is 4.58. The predicted octanol–water partition coefficient (Wildman–Crippen LogP) is 4.59. The van der Waals surface area contributed by atoms with Crippen molar-refractivity contribution < 1.29 is 23.8 Å². The Morgan fingerprint density at radius 1 is 0.931 bits per heavy atom. The number of carbonyl (C=O) groups is 2. The lowest BCUT2D eigenvalue weighted by atomic mass is 9.98. The third kappa shape index (κ3) is 5.98. The van der Waals surface area contributed by atoms with Gasteiger partial charge in [0.1, 0.15) is 17.6 Å². The molecule has 1 saturated carbocycles. The van der Waals surface area contributed by atoms with Crippen molar-refractivity contribution in [1.82, 2.24) is 0 Å². The van der Waals surface area contributed by atoms with E-state index in [1.807, 2.05) is 0 Å². The number of benzene rings is 2. The molecule has 1 fully saturated rings. The molecule has 0 bridgehead atoms. The fraction of sp³-hybridized carbons (Fsp3) is 0.391. The number of esters is 1. The van der Waals surface area contributed by atoms with Gasteiger partial charge in [-0.1, -0.05) is 6.42 Å². The first-order chi connectivity index (χ1) is 14.0. The third-order valence-corrected chi connectivity index (χ3v) is 4.94. The highest BCUT2D eigenvalue weighted by Crippen LogP contribution is 2.22. The molecule has 6 heteroatoms. The van der Waals surface area contributed by atoms with Crippen molar-refractivity contribution in [2.24, 2.45) is 0 Å². The Morgan fingerprint density at radius 2 is 1.55 bits per heavy atom. The number of hydrogen-bond donors (Lipinski definition) is 1. The van der Waals surface area contributed by atoms with Gasteiger partial charge in [0.15, 0.2) is 6.10 Å². The number of hydrogen-bond acceptors (Lipinski definition) is 5. The van der Waals surface area contributed by atoms with E-state index in [-0.39, 0.29) is 18.0 Å². The summed E-state index contributed by atoms with van der Waals surface area (Å²) >= 11 is 0. The number of methoxy groups -OCH3 is 1. The maximum Gasteiger partial charge on any atom is 0.347 e. The van der Waals surface area contributed by atoms with Crippen molar-refractivity contribution in [2.75, 3.05) is 12.4 Å². The number of rotatable bonds is 7. The molecule has 29 heavy (non-hydrogen) atoms. The zero-order chi connectivity index (χ0) is 20.6. The molecule has 1 atom stereocenters. The molecule has 0 heterocycles. The van der Waals surface area contributed by atoms with Gasteiger partial charge in [0.25, 0.3) is 5.91 Å². The van der Waals surface area contributed by atoms with Gasteiger partial charge in [-0.3, -0.25) is 4.79 Å². The van der Waals surface area contributed by atoms with Crippen LogP contribution in [0.1, 0.15) is 49.4 Å². The van der Waals surface area contributed by atoms with E-state index in [0.29, 0.717) is 17.0 Å². The van der Waals surface area contributed by atoms with E-state index in [1.54, 1.807) is 62.6 Å². The number of nitrogens with one attached hydrogen (secondary N) is 1. The summed E-state index contributed by atoms with van der Waals surface area (Å²) in [6, 6.07) is 13.8. The lowest BCUT2D eigenvalue weighted by Gasteiger charge is -2.23. The highest BCUT2D eigenvalue weighted by Gasteiger charge is 2.23. The van der Waals surface area contributed by atoms with Crippen molar-refractivity contribution in [3.8, 4) is 11.5 Å². The van der Waals surface area contributed by atoms with Crippen LogP contribution >= 0.6 is 0 Å². The van der Waals surface area contributed by atoms with Crippen LogP contribution in [0.2, 0.25) is 0 Å². The predicted molar refractivity (Wildman–Crippen MR) is 110 cm³/mol. The lowest BCUT2D eigenvalue weighted by Crippen LogP contribution is -2.31. The van der Waals surface area contributed by atoms with E-state index in [0.717, 1.165) is 31.4 Å². The van der Waals surface area contributed by atoms with Crippen molar-refractivity contribution in [2.45, 2.75) is 51.2 Å². The first kappa shape index (κ1) is 20.7. The quantitative estimate of drug-likeness (QED) is 0.692. The van der Waals surface area contributed by atoms with Crippen LogP contribution < -0.4 is 14.8 Å². The minimum Gasteiger partial charge on any atom is -0.497 e. The summed E-state index contributed by atoms with van der Waals surface area (Å²) in [7, 11) is 1.59. The second-order valence-corrected chi connectivity index (χ2v) is 7.16. The zero-order valence-corrected chi connectivity index (χ0v) is 16.9. The van der Waals surface area contributed by atoms with Crippen LogP contribution in [0.3, 0.4) is 0 Å². The summed E-state index contributed by atoms with van der Waals surface area (Å²) in [5.41, 5.74) is 1.17. The molecule has 2 aromatic carbocycles. The van der Waals surface area contributed by atoms with Gasteiger partial charge in [0, 0.05) is 11.3 Å². The van der Waals surface area contributed by atoms with E-state index in [9.17, 15) is 9.59 Å². The van der Waals surface area contributed by atoms with Gasteiger partial charge in [0.05, 0.1) is 7.11 Å². The zero-order valence-electron chi connectivity index (χ0n) is 16.9. The van der Waals surface area contributed by atoms with Gasteiger partial charge in [-0.2, -0.15) is 0 Å². The van der Waals surface area contributed by atoms with Gasteiger partial charge in [-0.15, -0.1) is 0 Å². The maximum atomic E-state index is 12.4. The normalized spacial score (nSPS) is 15.2. The molecule has 1 aliphatic rings. The Morgan fingerprint density at radius 3 is 2.17 bits per heavy atom. The van der Waals surface area contributed by atoms with Crippen LogP contribution in [0.4, 0.5) is 5.69 Å². The average Bonchev–Trinajstić information content (AvgIpc) is 2.75. The summed E-state index contributed by atoms with van der Waals surface area (Å²) in [6.45, 7) is 1.68. The molecule has 1 N–H and O–H groups in total. The topological polar surface area (TPSA) is 73.9 Å². The molecule has 6 nitrogen and oxygen atoms in total. The van der Waals surface area contributed by atoms with Crippen LogP contribution in [0, 0.1) is 0 Å². The molecule has 2 aromatic rings. The van der Waals surface area contributed by atoms with Gasteiger partial charge >= 0.3 is 5.97 Å². The van der Waals surface area contributed by atoms with Crippen LogP contribution in [0.15, 0.2) is 48.5 Å². The molecular formula is C23H27NO5. The minimum atomic E-state index is -0.698. The monoisotopic (exact) mass is 397 g/mol. The fourth-order valence-corrected chi connectivity index (χ4v) is 3.26. The van der Waals surface area contributed by atoms with Gasteiger partial charge in [0.2, 0.25) is 0 Å². The highest BCUT2D eigenvalue weighted by atomic mass is 16.6. The summed E-state index contributed by atoms with van der Waals surface area (Å²) in [4.78, 5) is 24.6. The van der Waals surface area contributed by atoms with Crippen LogP contribution in [-0.2, 0) is 9.53 Å². The molecule has 1 amide bonds. The van der Waals surface area contributed by atoms with Crippen molar-refractivity contribution in [1.29, 1.82) is 0 Å². The fourth-order valence-electron chi connectivity index (χ4n) is 3.26. The van der Waals surface area contributed by atoms with E-state index in [4.69, 9.17) is 14.2 Å². The minimum absolute atomic E-state index is 0.00586. The van der Waals surface area contributed by atoms with Gasteiger partial charge in [-0.05, 0) is 81.1 Å². The largest absolute Gasteiger partial charge is 0.497 e. The van der Waals surface area contributed by atoms with Crippen molar-refractivity contribution in [3.05, 3.63) is 54.1 Å². The highest BCUT2D eigenvalue weighted by molar-refractivity contribution is 6.04. The Bertz CT molecular complexity index is 810. The number of amides is 1. The van der Waals surface area contributed by atoms with Crippen molar-refractivity contribution in [3.63, 3.8) is 0 Å². The maximum absolute atomic E-state index is 12.4. The van der Waals surface area contributed by atoms with Gasteiger partial charge < -0.3 is 19.5 Å². The van der Waals surface area contributed by atoms with E-state index >= 15 is 0 Å². The van der Waals surface area contributed by atoms with E-state index < -0.39 is 6.10 Å². The van der Waals surface area contributed by atoms with Crippen LogP contribution in [0.5, 0.6) is 11.5 Å². The van der Waals surface area contributed by atoms with Gasteiger partial charge in [-0.25, -0.2) is 4.79 Å². The molecule has 0 unspecified atom stereocenters. The van der Waals surface area contributed by atoms with E-state index in [2.05, 4.69) is 5.32 Å². The number of ether oxygens (including phenoxy) is 3. The lowest BCUT2D eigenvalue weighted by molar-refractivity contribution is -0.158. The molecule has 0 radical (unpaired) electrons. The molecule has 0 spiro atoms. The smallest absolute Gasteiger partial charge is 0.347 e. The van der Waals surface area contributed by atoms with Crippen molar-refractivity contribution >= 4 is 17.6 Å². The van der Waals surface area contributed by atoms with Crippen LogP contribution in [0.25, 0.3) is 0 Å². The standard InChI is InChI=1S/C23H27NO5/c1-16(23(26)29-20-6-4-3-5-7-20)28-21-12-8-17(9-13-21)22(25)24-18-10-14-19(27-2)15-11-18/h8-16,20H,3-7H2,1-2H3,(H,24,25)/t16-/m1/s1. The molecule has 0 aromatic heterocycles.